The highest BCUT2D eigenvalue weighted by molar-refractivity contribution is 5.93. The maximum Gasteiger partial charge on any atom is 0.243 e. The van der Waals surface area contributed by atoms with Gasteiger partial charge in [-0.3, -0.25) is 24.1 Å². The second-order valence-corrected chi connectivity index (χ2v) is 10.3. The molecule has 5 atom stereocenters. The Morgan fingerprint density at radius 2 is 1.94 bits per heavy atom. The van der Waals surface area contributed by atoms with Crippen LogP contribution in [0.5, 0.6) is 0 Å². The van der Waals surface area contributed by atoms with Gasteiger partial charge >= 0.3 is 0 Å². The highest BCUT2D eigenvalue weighted by Gasteiger charge is 2.69. The number of primary amides is 1. The summed E-state index contributed by atoms with van der Waals surface area (Å²) in [6, 6.07) is -1.50. The first-order chi connectivity index (χ1) is 14.7. The lowest BCUT2D eigenvalue weighted by Crippen LogP contribution is -2.56. The van der Waals surface area contributed by atoms with E-state index in [0.29, 0.717) is 32.0 Å². The molecule has 172 valence electrons. The van der Waals surface area contributed by atoms with E-state index < -0.39 is 18.0 Å². The largest absolute Gasteiger partial charge is 0.368 e. The minimum atomic E-state index is -0.915. The number of likely N-dealkylation sites (tertiary alicyclic amines) is 2. The third kappa shape index (κ3) is 4.29. The molecule has 4 amide bonds. The van der Waals surface area contributed by atoms with Gasteiger partial charge in [0.15, 0.2) is 0 Å². The molecule has 1 saturated carbocycles. The van der Waals surface area contributed by atoms with Crippen LogP contribution in [0.1, 0.15) is 46.0 Å². The van der Waals surface area contributed by atoms with Crippen molar-refractivity contribution in [3.63, 3.8) is 0 Å². The van der Waals surface area contributed by atoms with Crippen molar-refractivity contribution < 1.29 is 19.2 Å². The molecule has 0 bridgehead atoms. The fraction of sp³-hybridized carbons (Fsp3) is 0.818. The fourth-order valence-electron chi connectivity index (χ4n) is 5.90. The van der Waals surface area contributed by atoms with Gasteiger partial charge in [-0.05, 0) is 56.0 Å². The van der Waals surface area contributed by atoms with Gasteiger partial charge in [-0.2, -0.15) is 0 Å². The first kappa shape index (κ1) is 22.0. The van der Waals surface area contributed by atoms with Crippen LogP contribution in [-0.2, 0) is 19.2 Å². The number of rotatable bonds is 7. The molecule has 0 radical (unpaired) electrons. The van der Waals surface area contributed by atoms with Gasteiger partial charge in [-0.1, -0.05) is 20.3 Å². The summed E-state index contributed by atoms with van der Waals surface area (Å²) in [5, 5.41) is 5.53. The van der Waals surface area contributed by atoms with E-state index in [0.717, 1.165) is 25.9 Å². The molecule has 3 heterocycles. The maximum absolute atomic E-state index is 13.3. The Kier molecular flexibility index (Phi) is 5.98. The summed E-state index contributed by atoms with van der Waals surface area (Å²) < 4.78 is 0. The molecule has 31 heavy (non-hydrogen) atoms. The Morgan fingerprint density at radius 3 is 2.55 bits per heavy atom. The Balaban J connectivity index is 1.44. The van der Waals surface area contributed by atoms with Gasteiger partial charge in [0.05, 0.1) is 6.54 Å². The predicted octanol–water partition coefficient (Wildman–Crippen LogP) is -0.548. The van der Waals surface area contributed by atoms with E-state index in [-0.39, 0.29) is 41.4 Å². The van der Waals surface area contributed by atoms with E-state index in [1.165, 1.54) is 6.42 Å². The average molecular weight is 434 g/mol. The molecule has 1 aliphatic carbocycles. The summed E-state index contributed by atoms with van der Waals surface area (Å²) in [5.41, 5.74) is 5.55. The lowest BCUT2D eigenvalue weighted by Gasteiger charge is -2.34. The maximum atomic E-state index is 13.3. The Hall–Kier alpha value is -2.16. The standard InChI is InChI=1S/C22H35N5O4/c1-22(2)14-11-27(16(28)12-26-8-4-3-5-9-26)18(17(14)22)21(31)25-15(19(23)29)10-13-6-7-24-20(13)30/h13-15,17-18H,3-12H2,1-2H3,(H2,23,29)(H,24,30)(H,25,31)/t13?,14-,15?,17-,18-/m0/s1. The summed E-state index contributed by atoms with van der Waals surface area (Å²) in [6.45, 7) is 7.58. The molecule has 2 unspecified atom stereocenters. The van der Waals surface area contributed by atoms with Crippen molar-refractivity contribution in [3.8, 4) is 0 Å². The van der Waals surface area contributed by atoms with Crippen molar-refractivity contribution in [1.29, 1.82) is 0 Å². The Morgan fingerprint density at radius 1 is 1.23 bits per heavy atom. The average Bonchev–Trinajstić information content (AvgIpc) is 3.09. The number of piperidine rings is 2. The number of hydrogen-bond acceptors (Lipinski definition) is 5. The van der Waals surface area contributed by atoms with E-state index in [9.17, 15) is 19.2 Å². The van der Waals surface area contributed by atoms with Crippen LogP contribution in [-0.4, -0.2) is 78.2 Å². The van der Waals surface area contributed by atoms with Crippen molar-refractivity contribution in [1.82, 2.24) is 20.4 Å². The number of carbonyl (C=O) groups excluding carboxylic acids is 4. The summed E-state index contributed by atoms with van der Waals surface area (Å²) in [4.78, 5) is 54.3. The molecule has 3 saturated heterocycles. The quantitative estimate of drug-likeness (QED) is 0.497. The van der Waals surface area contributed by atoms with Crippen molar-refractivity contribution in [2.75, 3.05) is 32.7 Å². The number of carbonyl (C=O) groups is 4. The summed E-state index contributed by atoms with van der Waals surface area (Å²) in [7, 11) is 0. The lowest BCUT2D eigenvalue weighted by molar-refractivity contribution is -0.142. The number of amides is 4. The monoisotopic (exact) mass is 433 g/mol. The molecule has 4 aliphatic rings. The zero-order valence-electron chi connectivity index (χ0n) is 18.6. The van der Waals surface area contributed by atoms with E-state index in [1.54, 1.807) is 4.90 Å². The van der Waals surface area contributed by atoms with Crippen molar-refractivity contribution in [3.05, 3.63) is 0 Å². The number of fused-ring (bicyclic) bond motifs is 1. The number of hydrogen-bond donors (Lipinski definition) is 3. The Bertz CT molecular complexity index is 763. The fourth-order valence-corrected chi connectivity index (χ4v) is 5.90. The highest BCUT2D eigenvalue weighted by atomic mass is 16.2. The molecule has 0 aromatic rings. The zero-order chi connectivity index (χ0) is 22.3. The predicted molar refractivity (Wildman–Crippen MR) is 113 cm³/mol. The van der Waals surface area contributed by atoms with Crippen LogP contribution in [0.2, 0.25) is 0 Å². The van der Waals surface area contributed by atoms with Gasteiger partial charge in [-0.25, -0.2) is 0 Å². The number of nitrogens with one attached hydrogen (secondary N) is 2. The smallest absolute Gasteiger partial charge is 0.243 e. The van der Waals surface area contributed by atoms with Gasteiger partial charge in [0.2, 0.25) is 23.6 Å². The van der Waals surface area contributed by atoms with Crippen LogP contribution < -0.4 is 16.4 Å². The van der Waals surface area contributed by atoms with Gasteiger partial charge in [0.25, 0.3) is 0 Å². The number of nitrogens with zero attached hydrogens (tertiary/aromatic N) is 2. The van der Waals surface area contributed by atoms with Gasteiger partial charge < -0.3 is 21.3 Å². The molecule has 4 rings (SSSR count). The molecule has 0 spiro atoms. The summed E-state index contributed by atoms with van der Waals surface area (Å²) in [5.74, 6) is -1.05. The topological polar surface area (TPSA) is 125 Å². The van der Waals surface area contributed by atoms with Crippen LogP contribution in [0.3, 0.4) is 0 Å². The van der Waals surface area contributed by atoms with Crippen LogP contribution in [0.15, 0.2) is 0 Å². The molecule has 0 aromatic carbocycles. The van der Waals surface area contributed by atoms with Crippen LogP contribution in [0, 0.1) is 23.2 Å². The molecule has 9 heteroatoms. The van der Waals surface area contributed by atoms with Crippen LogP contribution in [0.4, 0.5) is 0 Å². The van der Waals surface area contributed by atoms with Crippen molar-refractivity contribution in [2.24, 2.45) is 28.9 Å². The van der Waals surface area contributed by atoms with Gasteiger partial charge in [-0.15, -0.1) is 0 Å². The molecule has 9 nitrogen and oxygen atoms in total. The minimum Gasteiger partial charge on any atom is -0.368 e. The third-order valence-corrected chi connectivity index (χ3v) is 7.95. The molecule has 4 fully saturated rings. The molecule has 0 aromatic heterocycles. The minimum absolute atomic E-state index is 0.00251. The number of nitrogens with two attached hydrogens (primary N) is 1. The van der Waals surface area contributed by atoms with E-state index in [2.05, 4.69) is 29.4 Å². The van der Waals surface area contributed by atoms with E-state index >= 15 is 0 Å². The summed E-state index contributed by atoms with van der Waals surface area (Å²) in [6.07, 6.45) is 4.22. The first-order valence-corrected chi connectivity index (χ1v) is 11.6. The lowest BCUT2D eigenvalue weighted by atomic mass is 9.96. The molecular weight excluding hydrogens is 398 g/mol. The van der Waals surface area contributed by atoms with Gasteiger partial charge in [0.1, 0.15) is 12.1 Å². The van der Waals surface area contributed by atoms with Gasteiger partial charge in [0, 0.05) is 19.0 Å². The first-order valence-electron chi connectivity index (χ1n) is 11.6. The van der Waals surface area contributed by atoms with E-state index in [4.69, 9.17) is 5.73 Å². The molecule has 3 aliphatic heterocycles. The Labute approximate surface area is 183 Å². The second-order valence-electron chi connectivity index (χ2n) is 10.3. The summed E-state index contributed by atoms with van der Waals surface area (Å²) >= 11 is 0. The van der Waals surface area contributed by atoms with Crippen LogP contribution >= 0.6 is 0 Å². The molecule has 4 N–H and O–H groups in total. The van der Waals surface area contributed by atoms with Crippen LogP contribution in [0.25, 0.3) is 0 Å². The second kappa shape index (κ2) is 8.41. The van der Waals surface area contributed by atoms with E-state index in [1.807, 2.05) is 0 Å². The SMILES string of the molecule is CC1(C)[C@@H]2[C@@H](C(=O)NC(CC3CCNC3=O)C(N)=O)N(C(=O)CN3CCCCC3)C[C@@H]21. The normalized spacial score (nSPS) is 32.8. The zero-order valence-corrected chi connectivity index (χ0v) is 18.6. The van der Waals surface area contributed by atoms with Crippen molar-refractivity contribution in [2.45, 2.75) is 58.0 Å². The van der Waals surface area contributed by atoms with Crippen molar-refractivity contribution >= 4 is 23.6 Å². The highest BCUT2D eigenvalue weighted by Crippen LogP contribution is 2.64. The molecular formula is C22H35N5O4. The third-order valence-electron chi connectivity index (χ3n) is 7.95.